The number of nitrogens with one attached hydrogen (secondary N) is 1. The molecule has 1 rings (SSSR count). The van der Waals surface area contributed by atoms with Gasteiger partial charge in [-0.3, -0.25) is 0 Å². The van der Waals surface area contributed by atoms with Gasteiger partial charge in [0, 0.05) is 12.6 Å². The fourth-order valence-electron chi connectivity index (χ4n) is 2.28. The molecular formula is C16H28N2O. The van der Waals surface area contributed by atoms with Gasteiger partial charge in [-0.25, -0.2) is 0 Å². The lowest BCUT2D eigenvalue weighted by atomic mass is 10.1. The molecule has 108 valence electrons. The fourth-order valence-corrected chi connectivity index (χ4v) is 2.28. The zero-order valence-corrected chi connectivity index (χ0v) is 12.8. The van der Waals surface area contributed by atoms with E-state index in [1.165, 1.54) is 12.0 Å². The Kier molecular flexibility index (Phi) is 7.53. The molecule has 1 unspecified atom stereocenters. The smallest absolute Gasteiger partial charge is 0.119 e. The molecule has 19 heavy (non-hydrogen) atoms. The van der Waals surface area contributed by atoms with Crippen LogP contribution in [0.5, 0.6) is 5.75 Å². The third-order valence-corrected chi connectivity index (χ3v) is 3.14. The lowest BCUT2D eigenvalue weighted by Gasteiger charge is -2.25. The number of benzene rings is 1. The van der Waals surface area contributed by atoms with E-state index in [1.807, 2.05) is 6.92 Å². The molecule has 1 atom stereocenters. The molecule has 1 aromatic carbocycles. The maximum atomic E-state index is 5.49. The topological polar surface area (TPSA) is 24.5 Å². The minimum absolute atomic E-state index is 0.386. The van der Waals surface area contributed by atoms with Gasteiger partial charge in [-0.15, -0.1) is 0 Å². The van der Waals surface area contributed by atoms with Crippen LogP contribution in [0, 0.1) is 0 Å². The monoisotopic (exact) mass is 264 g/mol. The molecule has 0 fully saturated rings. The summed E-state index contributed by atoms with van der Waals surface area (Å²) in [6.07, 6.45) is 1.19. The van der Waals surface area contributed by atoms with Crippen molar-refractivity contribution in [3.8, 4) is 5.75 Å². The second kappa shape index (κ2) is 8.94. The van der Waals surface area contributed by atoms with Gasteiger partial charge in [0.15, 0.2) is 0 Å². The van der Waals surface area contributed by atoms with Crippen molar-refractivity contribution in [1.82, 2.24) is 10.2 Å². The number of rotatable bonds is 9. The molecule has 0 amide bonds. The summed E-state index contributed by atoms with van der Waals surface area (Å²) in [4.78, 5) is 2.38. The lowest BCUT2D eigenvalue weighted by Crippen LogP contribution is -2.33. The Hall–Kier alpha value is -1.06. The molecule has 0 aromatic heterocycles. The van der Waals surface area contributed by atoms with Crippen LogP contribution in [0.4, 0.5) is 0 Å². The van der Waals surface area contributed by atoms with Crippen LogP contribution in [0.15, 0.2) is 24.3 Å². The first kappa shape index (κ1) is 16.0. The molecule has 0 saturated carbocycles. The molecule has 0 aliphatic carbocycles. The summed E-state index contributed by atoms with van der Waals surface area (Å²) in [5.41, 5.74) is 1.33. The Morgan fingerprint density at radius 3 is 2.37 bits per heavy atom. The van der Waals surface area contributed by atoms with Crippen LogP contribution in [0.2, 0.25) is 0 Å². The zero-order valence-electron chi connectivity index (χ0n) is 12.8. The highest BCUT2D eigenvalue weighted by Gasteiger charge is 2.12. The normalized spacial score (nSPS) is 12.7. The molecule has 0 aliphatic rings. The van der Waals surface area contributed by atoms with Gasteiger partial charge in [0.05, 0.1) is 6.61 Å². The van der Waals surface area contributed by atoms with E-state index < -0.39 is 0 Å². The Bertz CT molecular complexity index is 337. The highest BCUT2D eigenvalue weighted by Crippen LogP contribution is 2.18. The van der Waals surface area contributed by atoms with E-state index >= 15 is 0 Å². The van der Waals surface area contributed by atoms with Gasteiger partial charge in [-0.1, -0.05) is 26.0 Å². The third-order valence-electron chi connectivity index (χ3n) is 3.14. The van der Waals surface area contributed by atoms with Gasteiger partial charge < -0.3 is 15.0 Å². The van der Waals surface area contributed by atoms with Crippen LogP contribution in [0.3, 0.4) is 0 Å². The molecule has 3 heteroatoms. The van der Waals surface area contributed by atoms with Crippen molar-refractivity contribution in [2.75, 3.05) is 33.3 Å². The highest BCUT2D eigenvalue weighted by atomic mass is 16.5. The largest absolute Gasteiger partial charge is 0.494 e. The molecule has 0 radical (unpaired) electrons. The van der Waals surface area contributed by atoms with E-state index in [4.69, 9.17) is 4.74 Å². The first-order chi connectivity index (χ1) is 9.21. The maximum Gasteiger partial charge on any atom is 0.119 e. The van der Waals surface area contributed by atoms with Crippen molar-refractivity contribution >= 4 is 0 Å². The van der Waals surface area contributed by atoms with Crippen LogP contribution >= 0.6 is 0 Å². The first-order valence-electron chi connectivity index (χ1n) is 7.35. The van der Waals surface area contributed by atoms with Gasteiger partial charge in [0.1, 0.15) is 5.75 Å². The average Bonchev–Trinajstić information content (AvgIpc) is 2.40. The van der Waals surface area contributed by atoms with Crippen molar-refractivity contribution in [2.45, 2.75) is 33.2 Å². The van der Waals surface area contributed by atoms with Crippen LogP contribution < -0.4 is 10.1 Å². The van der Waals surface area contributed by atoms with E-state index in [9.17, 15) is 0 Å². The van der Waals surface area contributed by atoms with Gasteiger partial charge in [-0.05, 0) is 51.2 Å². The number of likely N-dealkylation sites (N-methyl/N-ethyl adjacent to an activating group) is 2. The molecule has 0 spiro atoms. The Morgan fingerprint density at radius 2 is 1.84 bits per heavy atom. The van der Waals surface area contributed by atoms with Crippen LogP contribution in [-0.2, 0) is 0 Å². The molecule has 0 bridgehead atoms. The van der Waals surface area contributed by atoms with E-state index in [0.717, 1.165) is 32.0 Å². The molecule has 1 aromatic rings. The van der Waals surface area contributed by atoms with E-state index in [1.54, 1.807) is 0 Å². The van der Waals surface area contributed by atoms with Gasteiger partial charge in [0.2, 0.25) is 0 Å². The Balaban J connectivity index is 2.68. The standard InChI is InChI=1S/C16H28N2O/c1-5-12-18(4)13-16(17-6-2)14-8-10-15(11-9-14)19-7-3/h8-11,16-17H,5-7,12-13H2,1-4H3. The summed E-state index contributed by atoms with van der Waals surface area (Å²) >= 11 is 0. The van der Waals surface area contributed by atoms with E-state index in [0.29, 0.717) is 6.04 Å². The lowest BCUT2D eigenvalue weighted by molar-refractivity contribution is 0.292. The third kappa shape index (κ3) is 5.62. The van der Waals surface area contributed by atoms with Crippen molar-refractivity contribution in [2.24, 2.45) is 0 Å². The van der Waals surface area contributed by atoms with Crippen LogP contribution in [0.25, 0.3) is 0 Å². The van der Waals surface area contributed by atoms with Crippen molar-refractivity contribution in [3.05, 3.63) is 29.8 Å². The van der Waals surface area contributed by atoms with Crippen molar-refractivity contribution in [3.63, 3.8) is 0 Å². The molecule has 0 heterocycles. The second-order valence-corrected chi connectivity index (χ2v) is 4.87. The number of hydrogen-bond donors (Lipinski definition) is 1. The summed E-state index contributed by atoms with van der Waals surface area (Å²) in [6.45, 7) is 10.3. The zero-order chi connectivity index (χ0) is 14.1. The Labute approximate surface area is 118 Å². The van der Waals surface area contributed by atoms with E-state index in [2.05, 4.69) is 55.4 Å². The fraction of sp³-hybridized carbons (Fsp3) is 0.625. The first-order valence-corrected chi connectivity index (χ1v) is 7.35. The van der Waals surface area contributed by atoms with Crippen molar-refractivity contribution < 1.29 is 4.74 Å². The number of hydrogen-bond acceptors (Lipinski definition) is 3. The molecule has 1 N–H and O–H groups in total. The molecule has 3 nitrogen and oxygen atoms in total. The number of ether oxygens (including phenoxy) is 1. The summed E-state index contributed by atoms with van der Waals surface area (Å²) in [7, 11) is 2.18. The van der Waals surface area contributed by atoms with Crippen LogP contribution in [-0.4, -0.2) is 38.2 Å². The SMILES string of the molecule is CCCN(C)CC(NCC)c1ccc(OCC)cc1. The molecule has 0 saturated heterocycles. The molecular weight excluding hydrogens is 236 g/mol. The quantitative estimate of drug-likeness (QED) is 0.742. The maximum absolute atomic E-state index is 5.49. The van der Waals surface area contributed by atoms with Crippen molar-refractivity contribution in [1.29, 1.82) is 0 Å². The summed E-state index contributed by atoms with van der Waals surface area (Å²) < 4.78 is 5.49. The minimum Gasteiger partial charge on any atom is -0.494 e. The minimum atomic E-state index is 0.386. The summed E-state index contributed by atoms with van der Waals surface area (Å²) in [5, 5.41) is 3.56. The van der Waals surface area contributed by atoms with E-state index in [-0.39, 0.29) is 0 Å². The molecule has 0 aliphatic heterocycles. The van der Waals surface area contributed by atoms with Gasteiger partial charge in [0.25, 0.3) is 0 Å². The highest BCUT2D eigenvalue weighted by molar-refractivity contribution is 5.29. The predicted octanol–water partition coefficient (Wildman–Crippen LogP) is 3.08. The summed E-state index contributed by atoms with van der Waals surface area (Å²) in [5.74, 6) is 0.948. The Morgan fingerprint density at radius 1 is 1.16 bits per heavy atom. The van der Waals surface area contributed by atoms with Gasteiger partial charge in [-0.2, -0.15) is 0 Å². The predicted molar refractivity (Wildman–Crippen MR) is 81.8 cm³/mol. The average molecular weight is 264 g/mol. The van der Waals surface area contributed by atoms with Crippen LogP contribution in [0.1, 0.15) is 38.8 Å². The summed E-state index contributed by atoms with van der Waals surface area (Å²) in [6, 6.07) is 8.83. The second-order valence-electron chi connectivity index (χ2n) is 4.87. The number of nitrogens with zero attached hydrogens (tertiary/aromatic N) is 1. The van der Waals surface area contributed by atoms with Gasteiger partial charge >= 0.3 is 0 Å².